The van der Waals surface area contributed by atoms with Gasteiger partial charge in [0.25, 0.3) is 5.91 Å². The first kappa shape index (κ1) is 20.6. The molecule has 0 heterocycles. The Labute approximate surface area is 162 Å². The summed E-state index contributed by atoms with van der Waals surface area (Å²) in [5.41, 5.74) is 10.9. The van der Waals surface area contributed by atoms with Crippen LogP contribution < -0.4 is 21.2 Å². The number of carbonyl (C=O) groups is 3. The number of carbonyl (C=O) groups excluding carboxylic acids is 3. The SMILES string of the molecule is C/C(=N\NC(=O)C(=O)Nc1cc(C)ccc1C)c1ccc(OCC(N)=O)cc1. The maximum absolute atomic E-state index is 12.0. The molecule has 8 nitrogen and oxygen atoms in total. The zero-order valence-corrected chi connectivity index (χ0v) is 15.9. The number of benzene rings is 2. The van der Waals surface area contributed by atoms with Gasteiger partial charge in [-0.25, -0.2) is 5.43 Å². The topological polar surface area (TPSA) is 123 Å². The highest BCUT2D eigenvalue weighted by Crippen LogP contribution is 2.16. The number of hydrogen-bond donors (Lipinski definition) is 3. The number of hydrogen-bond acceptors (Lipinski definition) is 5. The van der Waals surface area contributed by atoms with Crippen LogP contribution in [0.15, 0.2) is 47.6 Å². The number of rotatable bonds is 6. The van der Waals surface area contributed by atoms with Gasteiger partial charge in [0.2, 0.25) is 0 Å². The predicted molar refractivity (Wildman–Crippen MR) is 106 cm³/mol. The molecule has 0 aliphatic heterocycles. The Hall–Kier alpha value is -3.68. The summed E-state index contributed by atoms with van der Waals surface area (Å²) >= 11 is 0. The number of nitrogens with one attached hydrogen (secondary N) is 2. The Morgan fingerprint density at radius 3 is 2.36 bits per heavy atom. The second-order valence-corrected chi connectivity index (χ2v) is 6.19. The van der Waals surface area contributed by atoms with E-state index in [1.165, 1.54) is 0 Å². The molecule has 0 saturated carbocycles. The molecule has 2 aromatic rings. The summed E-state index contributed by atoms with van der Waals surface area (Å²) in [6.07, 6.45) is 0. The van der Waals surface area contributed by atoms with E-state index in [0.29, 0.717) is 22.7 Å². The fraction of sp³-hybridized carbons (Fsp3) is 0.200. The molecule has 8 heteroatoms. The van der Waals surface area contributed by atoms with Crippen LogP contribution in [-0.4, -0.2) is 30.0 Å². The normalized spacial score (nSPS) is 10.9. The number of ether oxygens (including phenoxy) is 1. The fourth-order valence-electron chi connectivity index (χ4n) is 2.25. The first-order valence-corrected chi connectivity index (χ1v) is 8.50. The molecule has 146 valence electrons. The lowest BCUT2D eigenvalue weighted by Gasteiger charge is -2.09. The number of aryl methyl sites for hydroxylation is 2. The van der Waals surface area contributed by atoms with Gasteiger partial charge in [-0.1, -0.05) is 12.1 Å². The molecule has 0 atom stereocenters. The smallest absolute Gasteiger partial charge is 0.329 e. The molecule has 0 saturated heterocycles. The Kier molecular flexibility index (Phi) is 6.86. The number of nitrogens with zero attached hydrogens (tertiary/aromatic N) is 1. The lowest BCUT2D eigenvalue weighted by atomic mass is 10.1. The van der Waals surface area contributed by atoms with Gasteiger partial charge in [0.1, 0.15) is 5.75 Å². The molecule has 2 aromatic carbocycles. The highest BCUT2D eigenvalue weighted by molar-refractivity contribution is 6.39. The number of primary amides is 1. The molecular formula is C20H22N4O4. The van der Waals surface area contributed by atoms with Crippen molar-refractivity contribution in [2.24, 2.45) is 10.8 Å². The van der Waals surface area contributed by atoms with Crippen molar-refractivity contribution in [2.45, 2.75) is 20.8 Å². The summed E-state index contributed by atoms with van der Waals surface area (Å²) in [6, 6.07) is 12.3. The molecule has 0 aromatic heterocycles. The van der Waals surface area contributed by atoms with Gasteiger partial charge in [-0.05, 0) is 67.8 Å². The minimum atomic E-state index is -0.873. The monoisotopic (exact) mass is 382 g/mol. The third kappa shape index (κ3) is 5.94. The highest BCUT2D eigenvalue weighted by Gasteiger charge is 2.14. The average Bonchev–Trinajstić information content (AvgIpc) is 2.67. The second-order valence-electron chi connectivity index (χ2n) is 6.19. The van der Waals surface area contributed by atoms with E-state index in [2.05, 4.69) is 15.8 Å². The maximum atomic E-state index is 12.0. The molecule has 0 unspecified atom stereocenters. The van der Waals surface area contributed by atoms with Gasteiger partial charge < -0.3 is 15.8 Å². The number of anilines is 1. The molecule has 0 aliphatic rings. The van der Waals surface area contributed by atoms with Crippen LogP contribution in [-0.2, 0) is 14.4 Å². The van der Waals surface area contributed by atoms with E-state index in [1.54, 1.807) is 37.3 Å². The van der Waals surface area contributed by atoms with E-state index in [1.807, 2.05) is 26.0 Å². The minimum absolute atomic E-state index is 0.210. The van der Waals surface area contributed by atoms with E-state index >= 15 is 0 Å². The van der Waals surface area contributed by atoms with Gasteiger partial charge in [0, 0.05) is 5.69 Å². The third-order valence-corrected chi connectivity index (χ3v) is 3.83. The molecule has 0 bridgehead atoms. The summed E-state index contributed by atoms with van der Waals surface area (Å²) in [6.45, 7) is 5.21. The molecular weight excluding hydrogens is 360 g/mol. The largest absolute Gasteiger partial charge is 0.484 e. The van der Waals surface area contributed by atoms with E-state index < -0.39 is 17.7 Å². The van der Waals surface area contributed by atoms with Crippen LogP contribution in [0.3, 0.4) is 0 Å². The van der Waals surface area contributed by atoms with Crippen molar-refractivity contribution in [1.82, 2.24) is 5.43 Å². The van der Waals surface area contributed by atoms with Crippen LogP contribution in [0.2, 0.25) is 0 Å². The predicted octanol–water partition coefficient (Wildman–Crippen LogP) is 1.65. The summed E-state index contributed by atoms with van der Waals surface area (Å²) in [5, 5.41) is 6.51. The Bertz CT molecular complexity index is 920. The van der Waals surface area contributed by atoms with Crippen molar-refractivity contribution in [3.63, 3.8) is 0 Å². The van der Waals surface area contributed by atoms with Crippen LogP contribution in [0.5, 0.6) is 5.75 Å². The fourth-order valence-corrected chi connectivity index (χ4v) is 2.25. The standard InChI is InChI=1S/C20H22N4O4/c1-12-4-5-13(2)17(10-12)22-19(26)20(27)24-23-14(3)15-6-8-16(9-7-15)28-11-18(21)25/h4-10H,11H2,1-3H3,(H2,21,25)(H,22,26)(H,24,27)/b23-14+. The van der Waals surface area contributed by atoms with Crippen LogP contribution >= 0.6 is 0 Å². The first-order valence-electron chi connectivity index (χ1n) is 8.50. The number of hydrazone groups is 1. The van der Waals surface area contributed by atoms with Crippen molar-refractivity contribution in [1.29, 1.82) is 0 Å². The molecule has 0 spiro atoms. The molecule has 3 amide bonds. The Balaban J connectivity index is 1.95. The van der Waals surface area contributed by atoms with Crippen LogP contribution in [0.25, 0.3) is 0 Å². The van der Waals surface area contributed by atoms with E-state index in [4.69, 9.17) is 10.5 Å². The van der Waals surface area contributed by atoms with Crippen molar-refractivity contribution >= 4 is 29.1 Å². The van der Waals surface area contributed by atoms with E-state index in [9.17, 15) is 14.4 Å². The lowest BCUT2D eigenvalue weighted by molar-refractivity contribution is -0.136. The zero-order chi connectivity index (χ0) is 20.7. The minimum Gasteiger partial charge on any atom is -0.484 e. The zero-order valence-electron chi connectivity index (χ0n) is 15.9. The summed E-state index contributed by atoms with van der Waals surface area (Å²) < 4.78 is 5.17. The van der Waals surface area contributed by atoms with E-state index in [-0.39, 0.29) is 6.61 Å². The van der Waals surface area contributed by atoms with Gasteiger partial charge in [-0.2, -0.15) is 5.10 Å². The molecule has 0 fully saturated rings. The highest BCUT2D eigenvalue weighted by atomic mass is 16.5. The Morgan fingerprint density at radius 1 is 1.04 bits per heavy atom. The summed E-state index contributed by atoms with van der Waals surface area (Å²) in [5.74, 6) is -1.77. The number of amides is 3. The van der Waals surface area contributed by atoms with Crippen molar-refractivity contribution in [2.75, 3.05) is 11.9 Å². The molecule has 28 heavy (non-hydrogen) atoms. The van der Waals surface area contributed by atoms with Crippen molar-refractivity contribution < 1.29 is 19.1 Å². The third-order valence-electron chi connectivity index (χ3n) is 3.83. The molecule has 0 radical (unpaired) electrons. The Morgan fingerprint density at radius 2 is 1.71 bits per heavy atom. The molecule has 0 aliphatic carbocycles. The quantitative estimate of drug-likeness (QED) is 0.399. The van der Waals surface area contributed by atoms with Gasteiger partial charge in [0.05, 0.1) is 5.71 Å². The van der Waals surface area contributed by atoms with Crippen molar-refractivity contribution in [3.05, 3.63) is 59.2 Å². The lowest BCUT2D eigenvalue weighted by Crippen LogP contribution is -2.33. The van der Waals surface area contributed by atoms with Gasteiger partial charge >= 0.3 is 11.8 Å². The van der Waals surface area contributed by atoms with Crippen LogP contribution in [0.4, 0.5) is 5.69 Å². The average molecular weight is 382 g/mol. The first-order chi connectivity index (χ1) is 13.3. The van der Waals surface area contributed by atoms with Crippen LogP contribution in [0, 0.1) is 13.8 Å². The van der Waals surface area contributed by atoms with Crippen molar-refractivity contribution in [3.8, 4) is 5.75 Å². The van der Waals surface area contributed by atoms with Gasteiger partial charge in [0.15, 0.2) is 6.61 Å². The van der Waals surface area contributed by atoms with E-state index in [0.717, 1.165) is 11.1 Å². The molecule has 4 N–H and O–H groups in total. The second kappa shape index (κ2) is 9.31. The summed E-state index contributed by atoms with van der Waals surface area (Å²) in [4.78, 5) is 34.7. The van der Waals surface area contributed by atoms with Gasteiger partial charge in [-0.15, -0.1) is 0 Å². The summed E-state index contributed by atoms with van der Waals surface area (Å²) in [7, 11) is 0. The van der Waals surface area contributed by atoms with Gasteiger partial charge in [-0.3, -0.25) is 14.4 Å². The number of nitrogens with two attached hydrogens (primary N) is 1. The van der Waals surface area contributed by atoms with Crippen LogP contribution in [0.1, 0.15) is 23.6 Å². The maximum Gasteiger partial charge on any atom is 0.329 e. The molecule has 2 rings (SSSR count).